The predicted molar refractivity (Wildman–Crippen MR) is 330 cm³/mol. The molecule has 6 rings (SSSR count). The van der Waals surface area contributed by atoms with Crippen molar-refractivity contribution in [1.82, 2.24) is 30.2 Å². The Morgan fingerprint density at radius 1 is 0.775 bits per heavy atom. The van der Waals surface area contributed by atoms with Crippen LogP contribution < -0.4 is 24.8 Å². The molecule has 2 aliphatic heterocycles. The standard InChI is InChI=1S/C67H87FN6O15/c1-12-13-25-50-62(80)70-49(37-43-28-29-44-21-14-15-22-46(44)36-43)63(81)73(9)52(40-88-66(2,3)4)61(79)69-39-55(75)71(7)34-18-17-27-57(77)87-42-67(5,6)60(78)64(82)74-35-19-16-26-51(74)65(83)89-53(32-30-45-31-33-54(84-10)59(85-11)58(45)68)47-23-20-24-48(38-47)86-41-56(76)72(50)8/h14-15,17,20-24,27-29,31,33,36,38,49-53H,12-13,16,18-19,25-26,30,32,34-35,37,39-42H2,1-11H3,(H,69,79)(H,70,80)/b27-17+/t49-,50-,51-,52-,53+/m0/s1. The van der Waals surface area contributed by atoms with E-state index >= 15 is 9.18 Å². The first-order valence-corrected chi connectivity index (χ1v) is 30.2. The van der Waals surface area contributed by atoms with Gasteiger partial charge in [0.2, 0.25) is 29.4 Å². The fourth-order valence-electron chi connectivity index (χ4n) is 10.4. The van der Waals surface area contributed by atoms with Crippen LogP contribution in [-0.4, -0.2) is 177 Å². The summed E-state index contributed by atoms with van der Waals surface area (Å²) in [5.41, 5.74) is -1.01. The second-order valence-electron chi connectivity index (χ2n) is 24.2. The van der Waals surface area contributed by atoms with Crippen LogP contribution >= 0.6 is 0 Å². The monoisotopic (exact) mass is 1230 g/mol. The number of methoxy groups -OCH3 is 2. The normalized spacial score (nSPS) is 21.8. The van der Waals surface area contributed by atoms with Gasteiger partial charge in [0.1, 0.15) is 42.6 Å². The van der Waals surface area contributed by atoms with E-state index in [2.05, 4.69) is 10.6 Å². The summed E-state index contributed by atoms with van der Waals surface area (Å²) in [4.78, 5) is 133. The van der Waals surface area contributed by atoms with Gasteiger partial charge in [-0.15, -0.1) is 0 Å². The maximum absolute atomic E-state index is 16.0. The lowest BCUT2D eigenvalue weighted by atomic mass is 9.87. The van der Waals surface area contributed by atoms with E-state index in [1.54, 1.807) is 51.1 Å². The molecule has 0 spiro atoms. The smallest absolute Gasteiger partial charge is 0.330 e. The summed E-state index contributed by atoms with van der Waals surface area (Å²) in [6.45, 7) is 8.53. The van der Waals surface area contributed by atoms with Gasteiger partial charge in [0.25, 0.3) is 11.8 Å². The Morgan fingerprint density at radius 2 is 1.52 bits per heavy atom. The van der Waals surface area contributed by atoms with Crippen LogP contribution in [0.3, 0.4) is 0 Å². The number of rotatable bonds is 12. The number of fused-ring (bicyclic) bond motifs is 4. The molecule has 4 aromatic carbocycles. The van der Waals surface area contributed by atoms with Crippen molar-refractivity contribution in [2.75, 3.05) is 74.8 Å². The molecule has 0 radical (unpaired) electrons. The van der Waals surface area contributed by atoms with Crippen LogP contribution in [0.2, 0.25) is 0 Å². The van der Waals surface area contributed by atoms with E-state index in [1.807, 2.05) is 49.4 Å². The topological polar surface area (TPSA) is 246 Å². The Morgan fingerprint density at radius 3 is 2.22 bits per heavy atom. The summed E-state index contributed by atoms with van der Waals surface area (Å²) in [6.07, 6.45) is 4.20. The van der Waals surface area contributed by atoms with Crippen molar-refractivity contribution in [3.05, 3.63) is 114 Å². The summed E-state index contributed by atoms with van der Waals surface area (Å²) in [7, 11) is 7.08. The van der Waals surface area contributed by atoms with Crippen molar-refractivity contribution in [3.63, 3.8) is 0 Å². The van der Waals surface area contributed by atoms with Crippen molar-refractivity contribution in [2.24, 2.45) is 5.41 Å². The third kappa shape index (κ3) is 19.3. The fraction of sp³-hybridized carbons (Fsp3) is 0.507. The Hall–Kier alpha value is -8.40. The average molecular weight is 1240 g/mol. The first-order valence-electron chi connectivity index (χ1n) is 30.2. The van der Waals surface area contributed by atoms with Crippen LogP contribution in [0, 0.1) is 11.2 Å². The molecule has 0 aromatic heterocycles. The number of ether oxygens (including phenoxy) is 6. The zero-order valence-electron chi connectivity index (χ0n) is 53.2. The highest BCUT2D eigenvalue weighted by Gasteiger charge is 2.43. The van der Waals surface area contributed by atoms with E-state index in [-0.39, 0.29) is 81.0 Å². The lowest BCUT2D eigenvalue weighted by molar-refractivity contribution is -0.165. The first kappa shape index (κ1) is 69.7. The molecule has 6 amide bonds. The number of piperidine rings is 1. The van der Waals surface area contributed by atoms with Crippen LogP contribution in [0.1, 0.15) is 116 Å². The van der Waals surface area contributed by atoms with E-state index in [0.29, 0.717) is 36.8 Å². The summed E-state index contributed by atoms with van der Waals surface area (Å²) in [5.74, 6) is -7.09. The molecule has 482 valence electrons. The first-order chi connectivity index (χ1) is 42.3. The number of hydrogen-bond acceptors (Lipinski definition) is 15. The highest BCUT2D eigenvalue weighted by molar-refractivity contribution is 6.38. The highest BCUT2D eigenvalue weighted by atomic mass is 19.1. The van der Waals surface area contributed by atoms with E-state index in [1.165, 1.54) is 81.0 Å². The van der Waals surface area contributed by atoms with Gasteiger partial charge in [0, 0.05) is 46.7 Å². The Balaban J connectivity index is 1.36. The molecule has 2 bridgehead atoms. The molecule has 2 heterocycles. The second kappa shape index (κ2) is 32.2. The summed E-state index contributed by atoms with van der Waals surface area (Å²) in [5, 5.41) is 7.44. The van der Waals surface area contributed by atoms with Crippen LogP contribution in [0.5, 0.6) is 17.2 Å². The number of aryl methyl sites for hydroxylation is 1. The zero-order valence-corrected chi connectivity index (χ0v) is 53.2. The molecule has 1 fully saturated rings. The molecule has 0 unspecified atom stereocenters. The SMILES string of the molecule is CCCC[C@H]1C(=O)N[C@@H](Cc2ccc3ccccc3c2)C(=O)N(C)[C@@H](COC(C)(C)C)C(=O)NCC(=O)N(C)CC/C=C/C(=O)OCC(C)(C)C(=O)C(=O)N2CCCC[C@H]2C(=O)O[C@H](CCc2ccc(OC)c(OC)c2F)c2cccc(c2)OCC(=O)N1C. The predicted octanol–water partition coefficient (Wildman–Crippen LogP) is 7.03. The van der Waals surface area contributed by atoms with Gasteiger partial charge in [-0.3, -0.25) is 33.6 Å². The molecule has 2 N–H and O–H groups in total. The van der Waals surface area contributed by atoms with E-state index in [4.69, 9.17) is 28.4 Å². The van der Waals surface area contributed by atoms with Crippen molar-refractivity contribution in [2.45, 2.75) is 142 Å². The fourth-order valence-corrected chi connectivity index (χ4v) is 10.4. The average Bonchev–Trinajstić information content (AvgIpc) is 1.93. The number of nitrogens with zero attached hydrogens (tertiary/aromatic N) is 4. The van der Waals surface area contributed by atoms with Gasteiger partial charge in [-0.25, -0.2) is 14.0 Å². The van der Waals surface area contributed by atoms with Gasteiger partial charge >= 0.3 is 11.9 Å². The number of hydrogen-bond donors (Lipinski definition) is 2. The Bertz CT molecular complexity index is 3220. The molecule has 22 heteroatoms. The van der Waals surface area contributed by atoms with Gasteiger partial charge in [-0.2, -0.15) is 0 Å². The molecular formula is C67H87FN6O15. The molecule has 89 heavy (non-hydrogen) atoms. The number of likely N-dealkylation sites (N-methyl/N-ethyl adjacent to an activating group) is 3. The number of carbonyl (C=O) groups excluding carboxylic acids is 9. The van der Waals surface area contributed by atoms with Gasteiger partial charge in [0.15, 0.2) is 23.9 Å². The quantitative estimate of drug-likeness (QED) is 0.107. The minimum absolute atomic E-state index is 0.00253. The van der Waals surface area contributed by atoms with E-state index in [9.17, 15) is 38.4 Å². The van der Waals surface area contributed by atoms with Gasteiger partial charge in [0.05, 0.1) is 38.4 Å². The molecule has 1 saturated heterocycles. The Kier molecular flexibility index (Phi) is 25.2. The van der Waals surface area contributed by atoms with Crippen LogP contribution in [0.15, 0.2) is 91.0 Å². The lowest BCUT2D eigenvalue weighted by Crippen LogP contribution is -2.59. The van der Waals surface area contributed by atoms with Crippen molar-refractivity contribution >= 4 is 63.9 Å². The molecule has 21 nitrogen and oxygen atoms in total. The van der Waals surface area contributed by atoms with E-state index in [0.717, 1.165) is 16.8 Å². The van der Waals surface area contributed by atoms with Crippen LogP contribution in [0.25, 0.3) is 10.8 Å². The zero-order chi connectivity index (χ0) is 65.2. The van der Waals surface area contributed by atoms with Crippen LogP contribution in [0.4, 0.5) is 4.39 Å². The van der Waals surface area contributed by atoms with Gasteiger partial charge in [-0.05, 0) is 125 Å². The molecule has 0 aliphatic carbocycles. The number of benzene rings is 4. The third-order valence-electron chi connectivity index (χ3n) is 15.9. The largest absolute Gasteiger partial charge is 0.493 e. The minimum Gasteiger partial charge on any atom is -0.493 e. The highest BCUT2D eigenvalue weighted by Crippen LogP contribution is 2.35. The summed E-state index contributed by atoms with van der Waals surface area (Å²) < 4.78 is 50.5. The number of amides is 6. The molecule has 0 saturated carbocycles. The number of nitrogens with one attached hydrogen (secondary N) is 2. The van der Waals surface area contributed by atoms with Crippen molar-refractivity contribution < 1.29 is 76.0 Å². The Labute approximate surface area is 520 Å². The van der Waals surface area contributed by atoms with Gasteiger partial charge in [-0.1, -0.05) is 86.5 Å². The molecular weight excluding hydrogens is 1150 g/mol. The number of Topliss-reactive ketones (excluding diaryl/α,β-unsaturated/α-hetero) is 1. The number of carbonyl (C=O) groups is 9. The second-order valence-corrected chi connectivity index (χ2v) is 24.2. The van der Waals surface area contributed by atoms with E-state index < -0.39 is 120 Å². The number of unbranched alkanes of at least 4 members (excludes halogenated alkanes) is 1. The summed E-state index contributed by atoms with van der Waals surface area (Å²) in [6, 6.07) is 17.9. The maximum Gasteiger partial charge on any atom is 0.330 e. The lowest BCUT2D eigenvalue weighted by Gasteiger charge is -2.36. The van der Waals surface area contributed by atoms with Crippen LogP contribution in [-0.2, 0) is 70.2 Å². The number of ketones is 1. The minimum atomic E-state index is -1.54. The number of halogens is 1. The molecule has 4 aromatic rings. The summed E-state index contributed by atoms with van der Waals surface area (Å²) >= 11 is 0. The third-order valence-corrected chi connectivity index (χ3v) is 15.9. The molecule has 2 aliphatic rings. The van der Waals surface area contributed by atoms with Gasteiger partial charge < -0.3 is 58.7 Å². The van der Waals surface area contributed by atoms with Crippen molar-refractivity contribution in [1.29, 1.82) is 0 Å². The number of cyclic esters (lactones) is 2. The molecule has 5 atom stereocenters. The number of esters is 2. The maximum atomic E-state index is 16.0. The van der Waals surface area contributed by atoms with Crippen molar-refractivity contribution in [3.8, 4) is 17.2 Å².